The molecule has 0 N–H and O–H groups in total. The minimum absolute atomic E-state index is 0.104. The first-order chi connectivity index (χ1) is 15.9. The average molecular weight is 523 g/mol. The molecule has 0 saturated heterocycles. The quantitative estimate of drug-likeness (QED) is 0.358. The van der Waals surface area contributed by atoms with Crippen LogP contribution >= 0.6 is 0 Å². The maximum atomic E-state index is 5.83. The zero-order chi connectivity index (χ0) is 25.0. The molecule has 0 spiro atoms. The Morgan fingerprint density at radius 1 is 0.667 bits per heavy atom. The van der Waals surface area contributed by atoms with Gasteiger partial charge in [0.2, 0.25) is 0 Å². The summed E-state index contributed by atoms with van der Waals surface area (Å²) in [6.07, 6.45) is 12.1. The summed E-state index contributed by atoms with van der Waals surface area (Å²) in [6.45, 7) is 0. The molecule has 0 radical (unpaired) electrons. The molecule has 0 amide bonds. The molecule has 33 heavy (non-hydrogen) atoms. The van der Waals surface area contributed by atoms with Gasteiger partial charge in [0, 0.05) is 79.9 Å². The van der Waals surface area contributed by atoms with Crippen LogP contribution in [0.4, 0.5) is 0 Å². The fraction of sp³-hybridized carbons (Fsp3) is 0.714. The van der Waals surface area contributed by atoms with E-state index in [1.807, 2.05) is 18.2 Å². The van der Waals surface area contributed by atoms with Crippen LogP contribution in [0.3, 0.4) is 0 Å². The summed E-state index contributed by atoms with van der Waals surface area (Å²) in [7, 11) is 5.72. The maximum Gasteiger partial charge on any atom is 0.536 e. The number of rotatable bonds is 12. The van der Waals surface area contributed by atoms with Crippen LogP contribution in [0.1, 0.15) is 32.1 Å². The maximum absolute atomic E-state index is 5.83. The minimum atomic E-state index is -3.04. The van der Waals surface area contributed by atoms with Crippen molar-refractivity contribution in [3.63, 3.8) is 0 Å². The van der Waals surface area contributed by atoms with Crippen LogP contribution in [-0.2, 0) is 39.8 Å². The molecule has 0 heterocycles. The molecule has 12 heteroatoms. The highest BCUT2D eigenvalue weighted by atomic mass is 28.4. The summed E-state index contributed by atoms with van der Waals surface area (Å²) < 4.78 is 52.0. The van der Waals surface area contributed by atoms with Gasteiger partial charge in [-0.3, -0.25) is 0 Å². The molecule has 1 rings (SSSR count). The van der Waals surface area contributed by atoms with Crippen LogP contribution in [0.2, 0.25) is 5.54 Å². The van der Waals surface area contributed by atoms with Crippen LogP contribution in [0.5, 0.6) is 0 Å². The zero-order valence-electron chi connectivity index (χ0n) is 21.6. The van der Waals surface area contributed by atoms with Gasteiger partial charge in [-0.05, 0) is 32.1 Å². The Kier molecular flexibility index (Phi) is 13.7. The topological polar surface area (TPSA) is 83.1 Å². The van der Waals surface area contributed by atoms with Gasteiger partial charge >= 0.3 is 26.4 Å². The highest BCUT2D eigenvalue weighted by Crippen LogP contribution is 2.36. The Bertz CT molecular complexity index is 633. The van der Waals surface area contributed by atoms with Gasteiger partial charge in [0.1, 0.15) is 0 Å². The summed E-state index contributed by atoms with van der Waals surface area (Å²) in [5.74, 6) is 0. The van der Waals surface area contributed by atoms with Gasteiger partial charge in [-0.25, -0.2) is 0 Å². The lowest BCUT2D eigenvalue weighted by Gasteiger charge is -2.33. The van der Waals surface area contributed by atoms with Crippen molar-refractivity contribution in [3.8, 4) is 0 Å². The molecule has 0 aliphatic heterocycles. The van der Waals surface area contributed by atoms with Crippen molar-refractivity contribution in [2.24, 2.45) is 0 Å². The number of allylic oxidation sites excluding steroid dienone is 6. The van der Waals surface area contributed by atoms with E-state index in [2.05, 4.69) is 6.08 Å². The lowest BCUT2D eigenvalue weighted by atomic mass is 10.1. The Morgan fingerprint density at radius 3 is 1.64 bits per heavy atom. The monoisotopic (exact) mass is 522 g/mol. The molecule has 0 fully saturated rings. The highest BCUT2D eigenvalue weighted by Gasteiger charge is 2.48. The van der Waals surface area contributed by atoms with Gasteiger partial charge < -0.3 is 39.8 Å². The van der Waals surface area contributed by atoms with Gasteiger partial charge in [-0.15, -0.1) is 0 Å². The van der Waals surface area contributed by atoms with E-state index in [4.69, 9.17) is 39.8 Å². The molecule has 192 valence electrons. The first kappa shape index (κ1) is 30.5. The van der Waals surface area contributed by atoms with Gasteiger partial charge in [0.15, 0.2) is 0 Å². The Balaban J connectivity index is 3.55. The molecular weight excluding hydrogens is 480 g/mol. The lowest BCUT2D eigenvalue weighted by Crippen LogP contribution is -2.48. The van der Waals surface area contributed by atoms with Crippen molar-refractivity contribution < 1.29 is 39.8 Å². The van der Waals surface area contributed by atoms with Crippen LogP contribution in [0, 0.1) is 0 Å². The highest BCUT2D eigenvalue weighted by molar-refractivity contribution is 6.69. The van der Waals surface area contributed by atoms with Crippen molar-refractivity contribution in [1.82, 2.24) is 0 Å². The van der Waals surface area contributed by atoms with Crippen molar-refractivity contribution in [2.45, 2.75) is 37.6 Å². The van der Waals surface area contributed by atoms with Crippen molar-refractivity contribution in [2.75, 3.05) is 64.0 Å². The molecule has 0 aromatic rings. The molecule has 0 aromatic carbocycles. The van der Waals surface area contributed by atoms with Crippen LogP contribution < -0.4 is 0 Å². The second kappa shape index (κ2) is 14.8. The number of hydrogen-bond donors (Lipinski definition) is 0. The molecule has 9 nitrogen and oxygen atoms in total. The third-order valence-electron chi connectivity index (χ3n) is 6.16. The van der Waals surface area contributed by atoms with E-state index in [1.165, 1.54) is 0 Å². The SMILES string of the molecule is CO[Si](OC)(OC)C1=CCCC([Si](OC)(OC)OC)CCCC([Si](OC)(OC)OC)=CC=C1. The van der Waals surface area contributed by atoms with E-state index >= 15 is 0 Å². The van der Waals surface area contributed by atoms with E-state index in [1.54, 1.807) is 64.0 Å². The molecule has 1 aliphatic rings. The third-order valence-corrected chi connectivity index (χ3v) is 15.0. The Labute approximate surface area is 202 Å². The largest absolute Gasteiger partial charge is 0.536 e. The second-order valence-corrected chi connectivity index (χ2v) is 16.6. The van der Waals surface area contributed by atoms with E-state index in [0.717, 1.165) is 42.5 Å². The lowest BCUT2D eigenvalue weighted by molar-refractivity contribution is 0.107. The third kappa shape index (κ3) is 7.02. The molecule has 0 saturated carbocycles. The van der Waals surface area contributed by atoms with Crippen LogP contribution in [0.15, 0.2) is 34.7 Å². The average Bonchev–Trinajstić information content (AvgIpc) is 2.85. The number of hydrogen-bond acceptors (Lipinski definition) is 9. The standard InChI is InChI=1S/C21H42O9Si3/c1-22-31(23-2,24-3)19-13-10-15-20(32(25-4,26-5)27-6)17-12-18-21(16-11-14-19)33(28-7,29-8)30-9/h10,13-15,21H,11-12,16-18H2,1-9H3. The molecule has 0 aromatic heterocycles. The fourth-order valence-electron chi connectivity index (χ4n) is 4.38. The minimum Gasteiger partial charge on any atom is -0.377 e. The molecule has 0 bridgehead atoms. The predicted molar refractivity (Wildman–Crippen MR) is 132 cm³/mol. The van der Waals surface area contributed by atoms with E-state index < -0.39 is 26.4 Å². The summed E-state index contributed by atoms with van der Waals surface area (Å²) in [6, 6.07) is 0. The molecule has 1 aliphatic carbocycles. The van der Waals surface area contributed by atoms with Gasteiger partial charge in [0.05, 0.1) is 0 Å². The summed E-state index contributed by atoms with van der Waals surface area (Å²) in [4.78, 5) is 0. The van der Waals surface area contributed by atoms with E-state index in [9.17, 15) is 0 Å². The summed E-state index contributed by atoms with van der Waals surface area (Å²) in [5, 5.41) is 1.84. The fourth-order valence-corrected chi connectivity index (χ4v) is 10.9. The first-order valence-corrected chi connectivity index (χ1v) is 16.2. The normalized spacial score (nSPS) is 19.5. The van der Waals surface area contributed by atoms with Crippen molar-refractivity contribution >= 4 is 26.4 Å². The van der Waals surface area contributed by atoms with Gasteiger partial charge in [-0.2, -0.15) is 0 Å². The predicted octanol–water partition coefficient (Wildman–Crippen LogP) is 3.44. The Morgan fingerprint density at radius 2 is 1.18 bits per heavy atom. The molecule has 1 atom stereocenters. The smallest absolute Gasteiger partial charge is 0.377 e. The van der Waals surface area contributed by atoms with Crippen LogP contribution in [-0.4, -0.2) is 90.4 Å². The van der Waals surface area contributed by atoms with E-state index in [0.29, 0.717) is 0 Å². The molecule has 1 unspecified atom stereocenters. The first-order valence-electron chi connectivity index (χ1n) is 10.9. The second-order valence-electron chi connectivity index (χ2n) is 7.43. The Hall–Kier alpha value is -0.489. The van der Waals surface area contributed by atoms with Gasteiger partial charge in [0.25, 0.3) is 0 Å². The van der Waals surface area contributed by atoms with Crippen molar-refractivity contribution in [3.05, 3.63) is 34.7 Å². The van der Waals surface area contributed by atoms with Crippen LogP contribution in [0.25, 0.3) is 0 Å². The van der Waals surface area contributed by atoms with E-state index in [-0.39, 0.29) is 5.54 Å². The van der Waals surface area contributed by atoms with Crippen molar-refractivity contribution in [1.29, 1.82) is 0 Å². The summed E-state index contributed by atoms with van der Waals surface area (Å²) >= 11 is 0. The molecular formula is C21H42O9Si3. The summed E-state index contributed by atoms with van der Waals surface area (Å²) in [5.41, 5.74) is 0.104. The van der Waals surface area contributed by atoms with Gasteiger partial charge in [-0.1, -0.05) is 24.3 Å². The zero-order valence-corrected chi connectivity index (χ0v) is 24.6.